The lowest BCUT2D eigenvalue weighted by Gasteiger charge is -2.06. The minimum Gasteiger partial charge on any atom is -0.347 e. The molecule has 112 valence electrons. The molecule has 4 heteroatoms. The summed E-state index contributed by atoms with van der Waals surface area (Å²) < 4.78 is 0. The molecule has 0 unspecified atom stereocenters. The maximum Gasteiger partial charge on any atom is 0.271 e. The molecule has 0 aliphatic carbocycles. The number of aromatic nitrogens is 1. The first-order valence-corrected chi connectivity index (χ1v) is 7.99. The van der Waals surface area contributed by atoms with Crippen LogP contribution in [0.25, 0.3) is 11.1 Å². The van der Waals surface area contributed by atoms with Gasteiger partial charge in [0.25, 0.3) is 5.91 Å². The highest BCUT2D eigenvalue weighted by molar-refractivity contribution is 7.10. The number of terminal acetylenes is 1. The summed E-state index contributed by atoms with van der Waals surface area (Å²) >= 11 is 1.29. The highest BCUT2D eigenvalue weighted by atomic mass is 32.1. The summed E-state index contributed by atoms with van der Waals surface area (Å²) in [6, 6.07) is 18.3. The average Bonchev–Trinajstić information content (AvgIpc) is 3.10. The van der Waals surface area contributed by atoms with E-state index in [9.17, 15) is 4.79 Å². The van der Waals surface area contributed by atoms with Crippen molar-refractivity contribution in [2.24, 2.45) is 0 Å². The molecule has 3 rings (SSSR count). The van der Waals surface area contributed by atoms with Crippen LogP contribution in [0.5, 0.6) is 0 Å². The minimum atomic E-state index is -0.213. The molecule has 1 aromatic heterocycles. The van der Waals surface area contributed by atoms with Gasteiger partial charge in [0.05, 0.1) is 0 Å². The van der Waals surface area contributed by atoms with Gasteiger partial charge in [-0.3, -0.25) is 4.79 Å². The second-order valence-electron chi connectivity index (χ2n) is 4.93. The Morgan fingerprint density at radius 1 is 1.09 bits per heavy atom. The van der Waals surface area contributed by atoms with Crippen LogP contribution >= 0.6 is 11.3 Å². The Kier molecular flexibility index (Phi) is 4.51. The van der Waals surface area contributed by atoms with Crippen LogP contribution in [-0.4, -0.2) is 10.9 Å². The van der Waals surface area contributed by atoms with E-state index in [4.69, 9.17) is 6.42 Å². The number of carbonyl (C=O) groups excluding carboxylic acids is 1. The van der Waals surface area contributed by atoms with E-state index >= 15 is 0 Å². The van der Waals surface area contributed by atoms with Crippen LogP contribution in [0.3, 0.4) is 0 Å². The van der Waals surface area contributed by atoms with Gasteiger partial charge in [-0.15, -0.1) is 17.8 Å². The molecule has 23 heavy (non-hydrogen) atoms. The lowest BCUT2D eigenvalue weighted by atomic mass is 10.0. The van der Waals surface area contributed by atoms with Crippen molar-refractivity contribution in [3.8, 4) is 23.5 Å². The maximum absolute atomic E-state index is 12.0. The Morgan fingerprint density at radius 3 is 2.43 bits per heavy atom. The maximum atomic E-state index is 12.0. The molecule has 3 nitrogen and oxygen atoms in total. The zero-order valence-electron chi connectivity index (χ0n) is 12.3. The molecule has 0 spiro atoms. The van der Waals surface area contributed by atoms with Crippen molar-refractivity contribution in [2.45, 2.75) is 6.54 Å². The van der Waals surface area contributed by atoms with Gasteiger partial charge in [0.15, 0.2) is 5.01 Å². The lowest BCUT2D eigenvalue weighted by Crippen LogP contribution is -2.23. The van der Waals surface area contributed by atoms with Crippen LogP contribution in [0.1, 0.15) is 21.1 Å². The number of rotatable bonds is 4. The first-order chi connectivity index (χ1) is 11.3. The number of hydrogen-bond acceptors (Lipinski definition) is 3. The molecule has 0 saturated heterocycles. The van der Waals surface area contributed by atoms with Crippen LogP contribution < -0.4 is 5.32 Å². The normalized spacial score (nSPS) is 10.0. The third kappa shape index (κ3) is 3.65. The number of benzene rings is 2. The molecule has 3 aromatic rings. The Bertz CT molecular complexity index is 845. The van der Waals surface area contributed by atoms with Crippen molar-refractivity contribution in [1.82, 2.24) is 10.3 Å². The standard InChI is InChI=1S/C19H14N2OS/c1-2-18-21-17(13-23-18)19(22)20-12-14-8-10-16(11-9-14)15-6-4-3-5-7-15/h1,3-11,13H,12H2,(H,20,22). The van der Waals surface area contributed by atoms with E-state index in [2.05, 4.69) is 40.5 Å². The fourth-order valence-corrected chi connectivity index (χ4v) is 2.76. The van der Waals surface area contributed by atoms with E-state index < -0.39 is 0 Å². The number of thiazole rings is 1. The Balaban J connectivity index is 1.63. The molecule has 0 radical (unpaired) electrons. The van der Waals surface area contributed by atoms with E-state index in [0.29, 0.717) is 17.2 Å². The van der Waals surface area contributed by atoms with Gasteiger partial charge >= 0.3 is 0 Å². The predicted molar refractivity (Wildman–Crippen MR) is 93.1 cm³/mol. The fourth-order valence-electron chi connectivity index (χ4n) is 2.16. The first-order valence-electron chi connectivity index (χ1n) is 7.11. The molecule has 2 aromatic carbocycles. The second-order valence-corrected chi connectivity index (χ2v) is 5.79. The van der Waals surface area contributed by atoms with Crippen LogP contribution in [0.4, 0.5) is 0 Å². The lowest BCUT2D eigenvalue weighted by molar-refractivity contribution is 0.0946. The van der Waals surface area contributed by atoms with E-state index in [0.717, 1.165) is 11.1 Å². The van der Waals surface area contributed by atoms with Crippen LogP contribution in [0.15, 0.2) is 60.0 Å². The minimum absolute atomic E-state index is 0.213. The average molecular weight is 318 g/mol. The summed E-state index contributed by atoms with van der Waals surface area (Å²) in [5, 5.41) is 5.03. The van der Waals surface area contributed by atoms with Gasteiger partial charge in [0.2, 0.25) is 0 Å². The summed E-state index contributed by atoms with van der Waals surface area (Å²) in [5.41, 5.74) is 3.72. The van der Waals surface area contributed by atoms with Crippen LogP contribution in [-0.2, 0) is 6.54 Å². The first kappa shape index (κ1) is 15.0. The van der Waals surface area contributed by atoms with Crippen molar-refractivity contribution in [1.29, 1.82) is 0 Å². The van der Waals surface area contributed by atoms with E-state index in [1.54, 1.807) is 5.38 Å². The van der Waals surface area contributed by atoms with Crippen molar-refractivity contribution in [2.75, 3.05) is 0 Å². The van der Waals surface area contributed by atoms with Crippen molar-refractivity contribution >= 4 is 17.2 Å². The Hall–Kier alpha value is -2.90. The van der Waals surface area contributed by atoms with Gasteiger partial charge in [-0.25, -0.2) is 4.98 Å². The van der Waals surface area contributed by atoms with Gasteiger partial charge in [-0.05, 0) is 22.6 Å². The molecule has 0 bridgehead atoms. The van der Waals surface area contributed by atoms with E-state index in [-0.39, 0.29) is 5.91 Å². The zero-order chi connectivity index (χ0) is 16.1. The van der Waals surface area contributed by atoms with Crippen LogP contribution in [0, 0.1) is 12.3 Å². The quantitative estimate of drug-likeness (QED) is 0.745. The zero-order valence-corrected chi connectivity index (χ0v) is 13.1. The third-order valence-corrected chi connectivity index (χ3v) is 4.15. The van der Waals surface area contributed by atoms with E-state index in [1.165, 1.54) is 16.9 Å². The summed E-state index contributed by atoms with van der Waals surface area (Å²) in [6.07, 6.45) is 5.26. The summed E-state index contributed by atoms with van der Waals surface area (Å²) in [7, 11) is 0. The highest BCUT2D eigenvalue weighted by Crippen LogP contribution is 2.19. The topological polar surface area (TPSA) is 42.0 Å². The highest BCUT2D eigenvalue weighted by Gasteiger charge is 2.09. The SMILES string of the molecule is C#Cc1nc(C(=O)NCc2ccc(-c3ccccc3)cc2)cs1. The Labute approximate surface area is 139 Å². The molecule has 1 amide bonds. The van der Waals surface area contributed by atoms with Gasteiger partial charge in [0, 0.05) is 11.9 Å². The van der Waals surface area contributed by atoms with Gasteiger partial charge in [-0.2, -0.15) is 0 Å². The third-order valence-electron chi connectivity index (χ3n) is 3.37. The summed E-state index contributed by atoms with van der Waals surface area (Å²) in [6.45, 7) is 0.455. The molecule has 0 aliphatic rings. The smallest absolute Gasteiger partial charge is 0.271 e. The van der Waals surface area contributed by atoms with Crippen molar-refractivity contribution < 1.29 is 4.79 Å². The molecule has 1 N–H and O–H groups in total. The molecular formula is C19H14N2OS. The van der Waals surface area contributed by atoms with E-state index in [1.807, 2.05) is 30.3 Å². The second kappa shape index (κ2) is 6.91. The molecule has 1 heterocycles. The number of nitrogens with zero attached hydrogens (tertiary/aromatic N) is 1. The molecular weight excluding hydrogens is 304 g/mol. The number of carbonyl (C=O) groups is 1. The molecule has 0 aliphatic heterocycles. The molecule has 0 atom stereocenters. The van der Waals surface area contributed by atoms with Crippen LogP contribution in [0.2, 0.25) is 0 Å². The van der Waals surface area contributed by atoms with Gasteiger partial charge in [-0.1, -0.05) is 54.6 Å². The number of hydrogen-bond donors (Lipinski definition) is 1. The monoisotopic (exact) mass is 318 g/mol. The van der Waals surface area contributed by atoms with Gasteiger partial charge < -0.3 is 5.32 Å². The predicted octanol–water partition coefficient (Wildman–Crippen LogP) is 3.72. The fraction of sp³-hybridized carbons (Fsp3) is 0.0526. The van der Waals surface area contributed by atoms with Gasteiger partial charge in [0.1, 0.15) is 5.69 Å². The summed E-state index contributed by atoms with van der Waals surface area (Å²) in [5.74, 6) is 2.21. The Morgan fingerprint density at radius 2 is 1.78 bits per heavy atom. The molecule has 0 saturated carbocycles. The van der Waals surface area contributed by atoms with Crippen molar-refractivity contribution in [3.05, 3.63) is 76.2 Å². The molecule has 0 fully saturated rings. The summed E-state index contributed by atoms with van der Waals surface area (Å²) in [4.78, 5) is 16.1. The number of amides is 1. The largest absolute Gasteiger partial charge is 0.347 e. The van der Waals surface area contributed by atoms with Crippen molar-refractivity contribution in [3.63, 3.8) is 0 Å². The number of nitrogens with one attached hydrogen (secondary N) is 1.